The summed E-state index contributed by atoms with van der Waals surface area (Å²) in [7, 11) is 0. The van der Waals surface area contributed by atoms with Crippen molar-refractivity contribution in [1.29, 1.82) is 0 Å². The van der Waals surface area contributed by atoms with Crippen LogP contribution in [0.15, 0.2) is 91.0 Å². The third-order valence-electron chi connectivity index (χ3n) is 5.91. The molecule has 5 rings (SSSR count). The van der Waals surface area contributed by atoms with Gasteiger partial charge in [-0.15, -0.1) is 0 Å². The Morgan fingerprint density at radius 3 is 1.81 bits per heavy atom. The number of aryl methyl sites for hydroxylation is 1. The molecule has 0 fully saturated rings. The molecule has 4 aromatic carbocycles. The third-order valence-corrected chi connectivity index (χ3v) is 5.91. The van der Waals surface area contributed by atoms with Gasteiger partial charge in [-0.3, -0.25) is 0 Å². The summed E-state index contributed by atoms with van der Waals surface area (Å²) in [5.74, 6) is 0. The SMILES string of the molecule is Cc1ccc2cccc3c2c1C(O)(c1ccccc1)C3(O)c1ccccc1. The lowest BCUT2D eigenvalue weighted by Gasteiger charge is -2.41. The van der Waals surface area contributed by atoms with E-state index in [1.165, 1.54) is 0 Å². The van der Waals surface area contributed by atoms with E-state index in [-0.39, 0.29) is 0 Å². The fourth-order valence-electron chi connectivity index (χ4n) is 4.70. The highest BCUT2D eigenvalue weighted by Crippen LogP contribution is 2.58. The van der Waals surface area contributed by atoms with E-state index in [1.54, 1.807) is 0 Å². The largest absolute Gasteiger partial charge is 0.377 e. The second-order valence-electron chi connectivity index (χ2n) is 7.31. The quantitative estimate of drug-likeness (QED) is 0.552. The average molecular weight is 352 g/mol. The molecule has 132 valence electrons. The van der Waals surface area contributed by atoms with Crippen LogP contribution in [0.1, 0.15) is 27.8 Å². The van der Waals surface area contributed by atoms with Crippen molar-refractivity contribution in [3.05, 3.63) is 119 Å². The fourth-order valence-corrected chi connectivity index (χ4v) is 4.70. The van der Waals surface area contributed by atoms with Crippen molar-refractivity contribution in [3.63, 3.8) is 0 Å². The lowest BCUT2D eigenvalue weighted by Crippen LogP contribution is -2.48. The Morgan fingerprint density at radius 2 is 1.19 bits per heavy atom. The van der Waals surface area contributed by atoms with Crippen LogP contribution in [0.2, 0.25) is 0 Å². The van der Waals surface area contributed by atoms with Crippen LogP contribution < -0.4 is 0 Å². The molecule has 2 N–H and O–H groups in total. The van der Waals surface area contributed by atoms with Crippen molar-refractivity contribution in [2.45, 2.75) is 18.1 Å². The first-order chi connectivity index (χ1) is 13.1. The zero-order valence-electron chi connectivity index (χ0n) is 15.1. The topological polar surface area (TPSA) is 40.5 Å². The van der Waals surface area contributed by atoms with Crippen LogP contribution in [0, 0.1) is 6.92 Å². The highest BCUT2D eigenvalue weighted by Gasteiger charge is 2.60. The molecule has 0 spiro atoms. The molecule has 0 saturated carbocycles. The first-order valence-electron chi connectivity index (χ1n) is 9.17. The van der Waals surface area contributed by atoms with Crippen LogP contribution in [0.25, 0.3) is 10.8 Å². The molecular formula is C25H20O2. The highest BCUT2D eigenvalue weighted by atomic mass is 16.4. The fraction of sp³-hybridized carbons (Fsp3) is 0.120. The van der Waals surface area contributed by atoms with Gasteiger partial charge in [0.05, 0.1) is 0 Å². The zero-order chi connectivity index (χ0) is 18.6. The van der Waals surface area contributed by atoms with Gasteiger partial charge in [0.2, 0.25) is 0 Å². The molecule has 0 radical (unpaired) electrons. The van der Waals surface area contributed by atoms with E-state index in [0.29, 0.717) is 11.1 Å². The molecule has 2 nitrogen and oxygen atoms in total. The van der Waals surface area contributed by atoms with Crippen molar-refractivity contribution in [3.8, 4) is 0 Å². The van der Waals surface area contributed by atoms with Crippen LogP contribution in [0.3, 0.4) is 0 Å². The van der Waals surface area contributed by atoms with Crippen LogP contribution in [-0.2, 0) is 11.2 Å². The average Bonchev–Trinajstić information content (AvgIpc) is 2.94. The summed E-state index contributed by atoms with van der Waals surface area (Å²) in [5.41, 5.74) is 0.701. The normalized spacial score (nSPS) is 23.7. The molecule has 0 aromatic heterocycles. The molecule has 2 unspecified atom stereocenters. The van der Waals surface area contributed by atoms with Gasteiger partial charge in [0, 0.05) is 5.56 Å². The molecule has 27 heavy (non-hydrogen) atoms. The molecule has 0 heterocycles. The molecule has 2 atom stereocenters. The Morgan fingerprint density at radius 1 is 0.593 bits per heavy atom. The standard InChI is InChI=1S/C25H20O2/c1-17-15-16-18-9-8-14-21-22(18)23(17)25(27,20-12-6-3-7-13-20)24(21,26)19-10-4-2-5-11-19/h2-16,26-27H,1H3. The van der Waals surface area contributed by atoms with E-state index < -0.39 is 11.2 Å². The van der Waals surface area contributed by atoms with Crippen molar-refractivity contribution in [1.82, 2.24) is 0 Å². The molecule has 2 heteroatoms. The predicted octanol–water partition coefficient (Wildman–Crippen LogP) is 4.63. The smallest absolute Gasteiger partial charge is 0.152 e. The minimum atomic E-state index is -1.58. The first-order valence-corrected chi connectivity index (χ1v) is 9.17. The van der Waals surface area contributed by atoms with Gasteiger partial charge < -0.3 is 10.2 Å². The van der Waals surface area contributed by atoms with E-state index in [9.17, 15) is 10.2 Å². The Kier molecular flexibility index (Phi) is 3.33. The number of aliphatic hydroxyl groups is 2. The maximum Gasteiger partial charge on any atom is 0.152 e. The maximum absolute atomic E-state index is 12.3. The third kappa shape index (κ3) is 1.92. The molecule has 1 aliphatic rings. The molecular weight excluding hydrogens is 332 g/mol. The Balaban J connectivity index is 1.99. The summed E-state index contributed by atoms with van der Waals surface area (Å²) in [6.45, 7) is 2.00. The highest BCUT2D eigenvalue weighted by molar-refractivity contribution is 5.96. The number of hydrogen-bond donors (Lipinski definition) is 2. The van der Waals surface area contributed by atoms with Crippen molar-refractivity contribution >= 4 is 10.8 Å². The minimum absolute atomic E-state index is 0.680. The summed E-state index contributed by atoms with van der Waals surface area (Å²) in [4.78, 5) is 0. The molecule has 4 aromatic rings. The van der Waals surface area contributed by atoms with Crippen molar-refractivity contribution in [2.75, 3.05) is 0 Å². The molecule has 0 aliphatic heterocycles. The number of benzene rings is 4. The monoisotopic (exact) mass is 352 g/mol. The van der Waals surface area contributed by atoms with Gasteiger partial charge in [-0.2, -0.15) is 0 Å². The Labute approximate surface area is 158 Å². The van der Waals surface area contributed by atoms with Gasteiger partial charge >= 0.3 is 0 Å². The van der Waals surface area contributed by atoms with Gasteiger partial charge in [-0.05, 0) is 39.9 Å². The summed E-state index contributed by atoms with van der Waals surface area (Å²) in [6, 6.07) is 29.0. The summed E-state index contributed by atoms with van der Waals surface area (Å²) >= 11 is 0. The molecule has 0 saturated heterocycles. The molecule has 0 bridgehead atoms. The van der Waals surface area contributed by atoms with E-state index in [0.717, 1.165) is 27.5 Å². The van der Waals surface area contributed by atoms with Gasteiger partial charge in [0.15, 0.2) is 11.2 Å². The number of hydrogen-bond acceptors (Lipinski definition) is 2. The van der Waals surface area contributed by atoms with E-state index in [4.69, 9.17) is 0 Å². The van der Waals surface area contributed by atoms with Gasteiger partial charge in [0.1, 0.15) is 0 Å². The van der Waals surface area contributed by atoms with Crippen molar-refractivity contribution < 1.29 is 10.2 Å². The lowest BCUT2D eigenvalue weighted by atomic mass is 9.71. The predicted molar refractivity (Wildman–Crippen MR) is 108 cm³/mol. The van der Waals surface area contributed by atoms with Crippen LogP contribution in [0.5, 0.6) is 0 Å². The van der Waals surface area contributed by atoms with Crippen LogP contribution in [-0.4, -0.2) is 10.2 Å². The molecule has 0 amide bonds. The van der Waals surface area contributed by atoms with E-state index in [2.05, 4.69) is 6.07 Å². The molecule has 1 aliphatic carbocycles. The van der Waals surface area contributed by atoms with E-state index >= 15 is 0 Å². The zero-order valence-corrected chi connectivity index (χ0v) is 15.1. The Bertz CT molecular complexity index is 1150. The number of rotatable bonds is 2. The summed E-state index contributed by atoms with van der Waals surface area (Å²) in [5, 5.41) is 26.5. The first kappa shape index (κ1) is 16.2. The van der Waals surface area contributed by atoms with Gasteiger partial charge in [-0.25, -0.2) is 0 Å². The summed E-state index contributed by atoms with van der Waals surface area (Å²) in [6.07, 6.45) is 0. The van der Waals surface area contributed by atoms with Gasteiger partial charge in [0.25, 0.3) is 0 Å². The maximum atomic E-state index is 12.3. The van der Waals surface area contributed by atoms with Crippen molar-refractivity contribution in [2.24, 2.45) is 0 Å². The van der Waals surface area contributed by atoms with Crippen LogP contribution in [0.4, 0.5) is 0 Å². The van der Waals surface area contributed by atoms with Crippen LogP contribution >= 0.6 is 0 Å². The second-order valence-corrected chi connectivity index (χ2v) is 7.31. The summed E-state index contributed by atoms with van der Waals surface area (Å²) < 4.78 is 0. The minimum Gasteiger partial charge on any atom is -0.377 e. The Hall–Kier alpha value is -2.94. The van der Waals surface area contributed by atoms with Gasteiger partial charge in [-0.1, -0.05) is 91.0 Å². The second kappa shape index (κ2) is 5.53. The van der Waals surface area contributed by atoms with E-state index in [1.807, 2.05) is 91.9 Å². The lowest BCUT2D eigenvalue weighted by molar-refractivity contribution is -0.105.